The average molecular weight is 1220 g/mol. The molecule has 0 radical (unpaired) electrons. The van der Waals surface area contributed by atoms with Crippen LogP contribution in [-0.4, -0.2) is 77.4 Å². The van der Waals surface area contributed by atoms with E-state index in [4.69, 9.17) is 9.47 Å². The van der Waals surface area contributed by atoms with Gasteiger partial charge in [0.1, 0.15) is 0 Å². The van der Waals surface area contributed by atoms with Crippen LogP contribution >= 0.6 is 0 Å². The Balaban J connectivity index is 0.00000280. The van der Waals surface area contributed by atoms with Gasteiger partial charge in [-0.3, -0.25) is 0 Å². The number of aryl methyl sites for hydroxylation is 2. The van der Waals surface area contributed by atoms with Crippen LogP contribution in [0.2, 0.25) is 0 Å². The molecule has 0 aliphatic carbocycles. The fourth-order valence-electron chi connectivity index (χ4n) is 6.99. The van der Waals surface area contributed by atoms with E-state index in [0.717, 1.165) is 69.5 Å². The van der Waals surface area contributed by atoms with Gasteiger partial charge in [0, 0.05) is 44.8 Å². The zero-order valence-corrected chi connectivity index (χ0v) is 42.7. The summed E-state index contributed by atoms with van der Waals surface area (Å²) in [4.78, 5) is 4.15. The smallest absolute Gasteiger partial charge is 0.200 e. The number of quaternary nitrogens is 2. The molecule has 0 N–H and O–H groups in total. The highest BCUT2D eigenvalue weighted by atomic mass is 127. The summed E-state index contributed by atoms with van der Waals surface area (Å²) in [6, 6.07) is 24.9. The lowest BCUT2D eigenvalue weighted by molar-refractivity contribution is -0.911. The fourth-order valence-corrected chi connectivity index (χ4v) is 6.99. The Morgan fingerprint density at radius 2 is 0.860 bits per heavy atom. The zero-order valence-electron chi connectivity index (χ0n) is 34.1. The van der Waals surface area contributed by atoms with E-state index >= 15 is 0 Å². The summed E-state index contributed by atoms with van der Waals surface area (Å²) in [5.74, 6) is 3.48. The van der Waals surface area contributed by atoms with Crippen molar-refractivity contribution in [2.24, 2.45) is 0 Å². The molecule has 0 amide bonds. The molecule has 0 spiro atoms. The lowest BCUT2D eigenvalue weighted by Crippen LogP contribution is -3.00. The van der Waals surface area contributed by atoms with Gasteiger partial charge in [-0.15, -0.1) is 0 Å². The van der Waals surface area contributed by atoms with Gasteiger partial charge in [-0.2, -0.15) is 0 Å². The third-order valence-corrected chi connectivity index (χ3v) is 10.3. The molecule has 0 unspecified atom stereocenters. The predicted molar refractivity (Wildman–Crippen MR) is 216 cm³/mol. The van der Waals surface area contributed by atoms with E-state index in [1.165, 1.54) is 43.7 Å². The largest absolute Gasteiger partial charge is 1.00 e. The second-order valence-corrected chi connectivity index (χ2v) is 15.6. The van der Waals surface area contributed by atoms with E-state index in [-0.39, 0.29) is 95.9 Å². The normalized spacial score (nSPS) is 14.7. The fraction of sp³-hybridized carbons (Fsp3) is 0.333. The van der Waals surface area contributed by atoms with E-state index in [0.29, 0.717) is 0 Å². The topological polar surface area (TPSA) is 32.7 Å². The van der Waals surface area contributed by atoms with Gasteiger partial charge in [-0.1, -0.05) is 48.6 Å². The van der Waals surface area contributed by atoms with Crippen molar-refractivity contribution in [1.29, 1.82) is 0 Å². The first-order valence-corrected chi connectivity index (χ1v) is 19.0. The number of halogens is 4. The molecule has 6 rings (SSSR count). The number of nitrogens with zero attached hydrogens (tertiary/aromatic N) is 6. The summed E-state index contributed by atoms with van der Waals surface area (Å²) in [6.45, 7) is 6.80. The molecule has 0 atom stereocenters. The average Bonchev–Trinajstić information content (AvgIpc) is 3.64. The number of hydrogen-bond donors (Lipinski definition) is 0. The van der Waals surface area contributed by atoms with Crippen molar-refractivity contribution in [3.8, 4) is 11.5 Å². The first kappa shape index (κ1) is 50.9. The van der Waals surface area contributed by atoms with Gasteiger partial charge in [0.05, 0.1) is 78.6 Å². The molecule has 4 aromatic rings. The molecular formula is C45H58I4N6O2. The van der Waals surface area contributed by atoms with E-state index in [1.807, 2.05) is 62.6 Å². The van der Waals surface area contributed by atoms with Crippen LogP contribution < -0.4 is 124 Å². The number of anilines is 2. The maximum atomic E-state index is 5.97. The van der Waals surface area contributed by atoms with Crippen LogP contribution in [-0.2, 0) is 13.1 Å². The molecule has 57 heavy (non-hydrogen) atoms. The minimum Gasteiger partial charge on any atom is -1.00 e. The van der Waals surface area contributed by atoms with E-state index in [1.54, 1.807) is 0 Å². The lowest BCUT2D eigenvalue weighted by Gasteiger charge is -2.33. The summed E-state index contributed by atoms with van der Waals surface area (Å²) in [7, 11) is 13.6. The van der Waals surface area contributed by atoms with Crippen LogP contribution in [0.25, 0.3) is 12.2 Å². The highest BCUT2D eigenvalue weighted by Crippen LogP contribution is 2.38. The van der Waals surface area contributed by atoms with Gasteiger partial charge < -0.3 is 124 Å². The van der Waals surface area contributed by atoms with Crippen molar-refractivity contribution in [1.82, 2.24) is 0 Å². The lowest BCUT2D eigenvalue weighted by atomic mass is 10.2. The van der Waals surface area contributed by atoms with Crippen LogP contribution in [0.5, 0.6) is 11.5 Å². The van der Waals surface area contributed by atoms with Gasteiger partial charge >= 0.3 is 0 Å². The Morgan fingerprint density at radius 3 is 1.23 bits per heavy atom. The van der Waals surface area contributed by atoms with Crippen LogP contribution in [0.4, 0.5) is 11.4 Å². The number of ether oxygens (including phenoxy) is 2. The number of aromatic nitrogens is 2. The van der Waals surface area contributed by atoms with Crippen LogP contribution in [0, 0.1) is 0 Å². The third-order valence-electron chi connectivity index (χ3n) is 10.3. The molecule has 308 valence electrons. The summed E-state index contributed by atoms with van der Waals surface area (Å²) in [6.07, 6.45) is 24.7. The Hall–Kier alpha value is -2.26. The monoisotopic (exact) mass is 1220 g/mol. The first-order valence-electron chi connectivity index (χ1n) is 19.0. The Labute approximate surface area is 409 Å². The van der Waals surface area contributed by atoms with E-state index in [2.05, 4.69) is 133 Å². The van der Waals surface area contributed by atoms with Crippen LogP contribution in [0.1, 0.15) is 30.4 Å². The minimum atomic E-state index is 0. The molecule has 0 fully saturated rings. The predicted octanol–water partition coefficient (Wildman–Crippen LogP) is -4.93. The molecule has 2 aromatic heterocycles. The highest BCUT2D eigenvalue weighted by Gasteiger charge is 2.23. The van der Waals surface area contributed by atoms with Crippen molar-refractivity contribution in [2.75, 3.05) is 78.3 Å². The van der Waals surface area contributed by atoms with Crippen molar-refractivity contribution < 1.29 is 123 Å². The number of para-hydroxylation sites is 4. The number of pyridine rings is 2. The van der Waals surface area contributed by atoms with Gasteiger partial charge in [0.25, 0.3) is 0 Å². The van der Waals surface area contributed by atoms with Crippen molar-refractivity contribution in [3.05, 3.63) is 145 Å². The number of rotatable bonds is 16. The molecule has 0 saturated heterocycles. The van der Waals surface area contributed by atoms with E-state index in [9.17, 15) is 0 Å². The number of hydrogen-bond acceptors (Lipinski definition) is 4. The Kier molecular flexibility index (Phi) is 21.5. The highest BCUT2D eigenvalue weighted by molar-refractivity contribution is 5.67. The molecule has 0 bridgehead atoms. The summed E-state index contributed by atoms with van der Waals surface area (Å²) < 4.78 is 18.7. The van der Waals surface area contributed by atoms with Crippen LogP contribution in [0.3, 0.4) is 0 Å². The summed E-state index contributed by atoms with van der Waals surface area (Å²) >= 11 is 0. The SMILES string of the molecule is CN1C(=CC=Cc2cc[n+](CCC[N+](C)(C)CCC[N+](C)(C)CCC[n+]3ccc(C=CC=C4Oc5ccccc5N4C)cc3)cc2)Oc2ccccc21.[I-].[I-].[I-].[I-]. The molecule has 8 nitrogen and oxygen atoms in total. The van der Waals surface area contributed by atoms with Gasteiger partial charge in [0.15, 0.2) is 61.1 Å². The van der Waals surface area contributed by atoms with Crippen LogP contribution in [0.15, 0.2) is 134 Å². The second kappa shape index (κ2) is 24.1. The standard InChI is InChI=1S/C45H58N6O2.4HI/c1-46-40-18-7-9-20-42(40)52-44(46)22-11-16-38-24-30-48(31-25-38)28-13-34-50(3,4)36-15-37-51(5,6)35-14-29-49-32-26-39(27-33-49)17-12-23-45-47(2)41-19-8-10-21-43(41)53-45;;;;/h7-12,16-27,30-33H,13-15,28-29,34-37H2,1-6H3;4*1H/q+4;;;;/p-4. The maximum Gasteiger partial charge on any atom is 0.200 e. The Morgan fingerprint density at radius 1 is 0.509 bits per heavy atom. The quantitative estimate of drug-likeness (QED) is 0.0642. The van der Waals surface area contributed by atoms with Gasteiger partial charge in [0.2, 0.25) is 0 Å². The Bertz CT molecular complexity index is 1820. The third kappa shape index (κ3) is 15.1. The summed E-state index contributed by atoms with van der Waals surface area (Å²) in [5, 5.41) is 0. The molecule has 12 heteroatoms. The van der Waals surface area contributed by atoms with Gasteiger partial charge in [-0.05, 0) is 47.5 Å². The summed E-state index contributed by atoms with van der Waals surface area (Å²) in [5.41, 5.74) is 4.54. The molecule has 2 aromatic carbocycles. The second-order valence-electron chi connectivity index (χ2n) is 15.6. The van der Waals surface area contributed by atoms with Gasteiger partial charge in [-0.25, -0.2) is 9.13 Å². The van der Waals surface area contributed by atoms with Crippen molar-refractivity contribution in [3.63, 3.8) is 0 Å². The number of allylic oxidation sites excluding steroid dienone is 4. The molecule has 0 saturated carbocycles. The van der Waals surface area contributed by atoms with E-state index < -0.39 is 0 Å². The molecule has 2 aliphatic heterocycles. The van der Waals surface area contributed by atoms with Crippen molar-refractivity contribution in [2.45, 2.75) is 32.4 Å². The first-order chi connectivity index (χ1) is 25.6. The maximum absolute atomic E-state index is 5.97. The molecular weight excluding hydrogens is 1160 g/mol. The number of fused-ring (bicyclic) bond motifs is 2. The zero-order chi connectivity index (χ0) is 37.3. The molecule has 2 aliphatic rings. The van der Waals surface area contributed by atoms with Crippen molar-refractivity contribution >= 4 is 23.5 Å². The number of benzene rings is 2. The molecule has 4 heterocycles. The minimum absolute atomic E-state index is 0.